The van der Waals surface area contributed by atoms with Gasteiger partial charge in [0.25, 0.3) is 0 Å². The van der Waals surface area contributed by atoms with Gasteiger partial charge in [-0.15, -0.1) is 0 Å². The van der Waals surface area contributed by atoms with Gasteiger partial charge < -0.3 is 10.4 Å². The zero-order valence-electron chi connectivity index (χ0n) is 13.5. The van der Waals surface area contributed by atoms with Crippen LogP contribution in [-0.4, -0.2) is 44.0 Å². The number of nitrogens with zero attached hydrogens (tertiary/aromatic N) is 3. The molecule has 25 heavy (non-hydrogen) atoms. The number of carboxylic acids is 1. The molecule has 0 fully saturated rings. The van der Waals surface area contributed by atoms with Crippen LogP contribution in [0.1, 0.15) is 17.3 Å². The van der Waals surface area contributed by atoms with E-state index in [4.69, 9.17) is 0 Å². The number of Topliss-reactive ketones (excluding diaryl/α,β-unsaturated/α-hetero) is 1. The summed E-state index contributed by atoms with van der Waals surface area (Å²) in [6.45, 7) is 6.40. The quantitative estimate of drug-likeness (QED) is 0.625. The maximum Gasteiger partial charge on any atom is 0.339 e. The lowest BCUT2D eigenvalue weighted by Gasteiger charge is -2.19. The number of fused-ring (bicyclic) bond motifs is 1. The number of pyridine rings is 1. The fourth-order valence-corrected chi connectivity index (χ4v) is 2.74. The van der Waals surface area contributed by atoms with Gasteiger partial charge in [0, 0.05) is 30.8 Å². The van der Waals surface area contributed by atoms with E-state index in [1.54, 1.807) is 17.0 Å². The van der Waals surface area contributed by atoms with Crippen molar-refractivity contribution < 1.29 is 19.5 Å². The molecule has 1 atom stereocenters. The van der Waals surface area contributed by atoms with Gasteiger partial charge in [-0.25, -0.2) is 14.5 Å². The Bertz CT molecular complexity index is 942. The van der Waals surface area contributed by atoms with E-state index in [2.05, 4.69) is 22.0 Å². The van der Waals surface area contributed by atoms with E-state index < -0.39 is 23.5 Å². The molecule has 2 N–H and O–H groups in total. The molecule has 1 aliphatic rings. The Hall–Kier alpha value is -3.29. The number of rotatable bonds is 5. The molecule has 8 heteroatoms. The number of nitrogens with one attached hydrogen (secondary N) is 1. The number of aryl methyl sites for hydroxylation is 1. The highest BCUT2D eigenvalue weighted by Gasteiger charge is 2.26. The van der Waals surface area contributed by atoms with E-state index in [9.17, 15) is 19.5 Å². The number of allylic oxidation sites excluding steroid dienone is 1. The Morgan fingerprint density at radius 3 is 2.84 bits per heavy atom. The Morgan fingerprint density at radius 2 is 2.16 bits per heavy atom. The molecule has 2 aromatic heterocycles. The first-order chi connectivity index (χ1) is 11.9. The second-order valence-corrected chi connectivity index (χ2v) is 5.61. The third-order valence-electron chi connectivity index (χ3n) is 4.14. The smallest absolute Gasteiger partial charge is 0.339 e. The first-order valence-electron chi connectivity index (χ1n) is 7.71. The number of hydrogen-bond donors (Lipinski definition) is 2. The first kappa shape index (κ1) is 16.6. The fourth-order valence-electron chi connectivity index (χ4n) is 2.74. The van der Waals surface area contributed by atoms with Crippen molar-refractivity contribution in [3.8, 4) is 0 Å². The summed E-state index contributed by atoms with van der Waals surface area (Å²) in [5.41, 5.74) is 1.14. The molecule has 0 bridgehead atoms. The van der Waals surface area contributed by atoms with Crippen molar-refractivity contribution in [2.75, 3.05) is 11.9 Å². The highest BCUT2D eigenvalue weighted by molar-refractivity contribution is 6.48. The molecule has 0 spiro atoms. The molecule has 128 valence electrons. The SMILES string of the molecule is C=C1C(=O)C(=O)C=CC1CNc1c(C(=O)O)cnc2c1cnn2CC. The number of carboxylic acid groups (broad SMARTS) is 1. The molecular weight excluding hydrogens is 324 g/mol. The predicted molar refractivity (Wildman–Crippen MR) is 90.4 cm³/mol. The van der Waals surface area contributed by atoms with Crippen LogP contribution in [0.4, 0.5) is 5.69 Å². The van der Waals surface area contributed by atoms with Crippen LogP contribution < -0.4 is 5.32 Å². The van der Waals surface area contributed by atoms with Gasteiger partial charge in [-0.05, 0) is 13.0 Å². The minimum Gasteiger partial charge on any atom is -0.478 e. The van der Waals surface area contributed by atoms with Gasteiger partial charge in [0.2, 0.25) is 11.6 Å². The van der Waals surface area contributed by atoms with Gasteiger partial charge in [-0.2, -0.15) is 5.10 Å². The summed E-state index contributed by atoms with van der Waals surface area (Å²) in [4.78, 5) is 38.8. The highest BCUT2D eigenvalue weighted by atomic mass is 16.4. The average Bonchev–Trinajstić information content (AvgIpc) is 3.02. The van der Waals surface area contributed by atoms with E-state index in [-0.39, 0.29) is 17.7 Å². The van der Waals surface area contributed by atoms with E-state index in [1.165, 1.54) is 12.3 Å². The zero-order valence-corrected chi connectivity index (χ0v) is 13.5. The van der Waals surface area contributed by atoms with Crippen LogP contribution in [0.25, 0.3) is 11.0 Å². The fraction of sp³-hybridized carbons (Fsp3) is 0.235. The summed E-state index contributed by atoms with van der Waals surface area (Å²) in [5.74, 6) is -2.73. The maximum atomic E-state index is 11.7. The molecule has 2 heterocycles. The second kappa shape index (κ2) is 6.31. The number of aromatic carboxylic acids is 1. The standard InChI is InChI=1S/C17H16N4O4/c1-3-21-16-11(8-20-21)14(12(7-19-16)17(24)25)18-6-10-4-5-13(22)15(23)9(10)2/h4-5,7-8,10H,2-3,6H2,1H3,(H,18,19)(H,24,25). The summed E-state index contributed by atoms with van der Waals surface area (Å²) >= 11 is 0. The molecule has 0 aromatic carbocycles. The summed E-state index contributed by atoms with van der Waals surface area (Å²) in [7, 11) is 0. The van der Waals surface area contributed by atoms with Crippen LogP contribution in [0.2, 0.25) is 0 Å². The molecule has 0 amide bonds. The van der Waals surface area contributed by atoms with E-state index in [0.717, 1.165) is 0 Å². The first-order valence-corrected chi connectivity index (χ1v) is 7.71. The van der Waals surface area contributed by atoms with Crippen LogP contribution >= 0.6 is 0 Å². The van der Waals surface area contributed by atoms with Gasteiger partial charge >= 0.3 is 5.97 Å². The molecule has 0 saturated heterocycles. The summed E-state index contributed by atoms with van der Waals surface area (Å²) in [6, 6.07) is 0. The molecule has 3 rings (SSSR count). The number of hydrogen-bond acceptors (Lipinski definition) is 6. The molecule has 0 radical (unpaired) electrons. The third kappa shape index (κ3) is 2.82. The van der Waals surface area contributed by atoms with Crippen molar-refractivity contribution >= 4 is 34.3 Å². The van der Waals surface area contributed by atoms with Crippen molar-refractivity contribution in [2.45, 2.75) is 13.5 Å². The summed E-state index contributed by atoms with van der Waals surface area (Å²) in [5, 5.41) is 17.3. The lowest BCUT2D eigenvalue weighted by molar-refractivity contribution is -0.132. The zero-order chi connectivity index (χ0) is 18.1. The number of carbonyl (C=O) groups is 3. The Kier molecular flexibility index (Phi) is 4.18. The van der Waals surface area contributed by atoms with Crippen LogP contribution in [-0.2, 0) is 16.1 Å². The lowest BCUT2D eigenvalue weighted by atomic mass is 9.89. The van der Waals surface area contributed by atoms with Gasteiger partial charge in [-0.1, -0.05) is 12.7 Å². The normalized spacial score (nSPS) is 17.3. The van der Waals surface area contributed by atoms with E-state index in [0.29, 0.717) is 23.3 Å². The van der Waals surface area contributed by atoms with Gasteiger partial charge in [0.05, 0.1) is 17.3 Å². The molecule has 0 aliphatic heterocycles. The van der Waals surface area contributed by atoms with Crippen LogP contribution in [0.15, 0.2) is 36.7 Å². The van der Waals surface area contributed by atoms with E-state index >= 15 is 0 Å². The lowest BCUT2D eigenvalue weighted by Crippen LogP contribution is -2.27. The van der Waals surface area contributed by atoms with Crippen molar-refractivity contribution in [1.82, 2.24) is 14.8 Å². The molecular formula is C17H16N4O4. The molecule has 1 aliphatic carbocycles. The van der Waals surface area contributed by atoms with Gasteiger partial charge in [0.15, 0.2) is 5.65 Å². The molecule has 2 aromatic rings. The number of ketones is 2. The van der Waals surface area contributed by atoms with Gasteiger partial charge in [0.1, 0.15) is 5.56 Å². The van der Waals surface area contributed by atoms with Crippen molar-refractivity contribution in [3.63, 3.8) is 0 Å². The van der Waals surface area contributed by atoms with E-state index in [1.807, 2.05) is 6.92 Å². The molecule has 0 saturated carbocycles. The van der Waals surface area contributed by atoms with Crippen molar-refractivity contribution in [3.05, 3.63) is 42.3 Å². The average molecular weight is 340 g/mol. The third-order valence-corrected chi connectivity index (χ3v) is 4.14. The minimum atomic E-state index is -1.12. The Balaban J connectivity index is 1.96. The Morgan fingerprint density at radius 1 is 1.40 bits per heavy atom. The minimum absolute atomic E-state index is 0.0101. The molecule has 1 unspecified atom stereocenters. The summed E-state index contributed by atoms with van der Waals surface area (Å²) < 4.78 is 1.66. The Labute approximate surface area is 142 Å². The highest BCUT2D eigenvalue weighted by Crippen LogP contribution is 2.27. The van der Waals surface area contributed by atoms with Crippen LogP contribution in [0.3, 0.4) is 0 Å². The summed E-state index contributed by atoms with van der Waals surface area (Å²) in [6.07, 6.45) is 5.65. The van der Waals surface area contributed by atoms with Gasteiger partial charge in [-0.3, -0.25) is 9.59 Å². The van der Waals surface area contributed by atoms with Crippen LogP contribution in [0, 0.1) is 5.92 Å². The van der Waals surface area contributed by atoms with Crippen molar-refractivity contribution in [1.29, 1.82) is 0 Å². The largest absolute Gasteiger partial charge is 0.478 e. The predicted octanol–water partition coefficient (Wildman–Crippen LogP) is 1.44. The topological polar surface area (TPSA) is 114 Å². The van der Waals surface area contributed by atoms with Crippen molar-refractivity contribution in [2.24, 2.45) is 5.92 Å². The maximum absolute atomic E-state index is 11.7. The van der Waals surface area contributed by atoms with Crippen LogP contribution in [0.5, 0.6) is 0 Å². The number of aromatic nitrogens is 3. The monoisotopic (exact) mass is 340 g/mol. The number of carbonyl (C=O) groups excluding carboxylic acids is 2. The number of anilines is 1. The second-order valence-electron chi connectivity index (χ2n) is 5.61. The molecule has 8 nitrogen and oxygen atoms in total.